The van der Waals surface area contributed by atoms with Crippen molar-refractivity contribution in [3.8, 4) is 0 Å². The molecule has 1 aromatic rings. The van der Waals surface area contributed by atoms with Crippen molar-refractivity contribution in [1.29, 1.82) is 0 Å². The number of nitrogens with zero attached hydrogens (tertiary/aromatic N) is 1. The number of halogens is 2. The van der Waals surface area contributed by atoms with Gasteiger partial charge in [-0.05, 0) is 45.4 Å². The molecule has 1 atom stereocenters. The molecule has 0 aliphatic rings. The summed E-state index contributed by atoms with van der Waals surface area (Å²) < 4.78 is 33.5. The van der Waals surface area contributed by atoms with Crippen LogP contribution in [0.2, 0.25) is 0 Å². The number of nitrogens with one attached hydrogen (secondary N) is 1. The fraction of sp³-hybridized carbons (Fsp3) is 0.625. The van der Waals surface area contributed by atoms with Crippen LogP contribution < -0.4 is 10.2 Å². The summed E-state index contributed by atoms with van der Waals surface area (Å²) in [6.07, 6.45) is 0. The Hall–Kier alpha value is -1.20. The van der Waals surface area contributed by atoms with Gasteiger partial charge in [-0.2, -0.15) is 0 Å². The van der Waals surface area contributed by atoms with Crippen LogP contribution in [-0.4, -0.2) is 32.3 Å². The fourth-order valence-electron chi connectivity index (χ4n) is 2.00. The molecule has 0 radical (unpaired) electrons. The molecule has 1 N–H and O–H groups in total. The average Bonchev–Trinajstić information content (AvgIpc) is 2.35. The second-order valence-electron chi connectivity index (χ2n) is 6.43. The van der Waals surface area contributed by atoms with E-state index in [2.05, 4.69) is 5.32 Å². The number of ether oxygens (including phenoxy) is 1. The van der Waals surface area contributed by atoms with E-state index in [1.807, 2.05) is 27.7 Å². The molecule has 0 aliphatic heterocycles. The smallest absolute Gasteiger partial charge is 0.149 e. The highest BCUT2D eigenvalue weighted by Gasteiger charge is 2.20. The van der Waals surface area contributed by atoms with Crippen LogP contribution in [0.3, 0.4) is 0 Å². The van der Waals surface area contributed by atoms with Gasteiger partial charge in [-0.3, -0.25) is 0 Å². The first-order valence-electron chi connectivity index (χ1n) is 7.10. The Labute approximate surface area is 126 Å². The zero-order valence-electron chi connectivity index (χ0n) is 13.8. The van der Waals surface area contributed by atoms with E-state index in [0.29, 0.717) is 18.7 Å². The Balaban J connectivity index is 2.94. The normalized spacial score (nSPS) is 13.3. The molecule has 0 amide bonds. The van der Waals surface area contributed by atoms with E-state index < -0.39 is 11.6 Å². The lowest BCUT2D eigenvalue weighted by Gasteiger charge is -2.27. The molecular formula is C16H26F2N2O. The lowest BCUT2D eigenvalue weighted by Crippen LogP contribution is -2.35. The van der Waals surface area contributed by atoms with Crippen LogP contribution in [0.25, 0.3) is 0 Å². The predicted molar refractivity (Wildman–Crippen MR) is 82.7 cm³/mol. The van der Waals surface area contributed by atoms with E-state index >= 15 is 0 Å². The monoisotopic (exact) mass is 300 g/mol. The third-order valence-electron chi connectivity index (χ3n) is 3.32. The number of anilines is 1. The fourth-order valence-corrected chi connectivity index (χ4v) is 2.00. The summed E-state index contributed by atoms with van der Waals surface area (Å²) in [7, 11) is 3.23. The Morgan fingerprint density at radius 1 is 1.24 bits per heavy atom. The van der Waals surface area contributed by atoms with E-state index in [1.165, 1.54) is 12.1 Å². The Morgan fingerprint density at radius 2 is 1.76 bits per heavy atom. The average molecular weight is 300 g/mol. The summed E-state index contributed by atoms with van der Waals surface area (Å²) in [5.41, 5.74) is 0.477. The number of rotatable bonds is 6. The lowest BCUT2D eigenvalue weighted by molar-refractivity contribution is 0.183. The summed E-state index contributed by atoms with van der Waals surface area (Å²) in [6, 6.07) is 2.65. The molecule has 5 heteroatoms. The van der Waals surface area contributed by atoms with E-state index in [0.717, 1.165) is 0 Å². The Bertz CT molecular complexity index is 449. The van der Waals surface area contributed by atoms with Crippen LogP contribution in [0.4, 0.5) is 14.5 Å². The van der Waals surface area contributed by atoms with Crippen LogP contribution in [0.15, 0.2) is 12.1 Å². The SMILES string of the molecule is COCC(C)N(C)c1c(F)cc(CNC(C)(C)C)cc1F. The quantitative estimate of drug-likeness (QED) is 0.872. The largest absolute Gasteiger partial charge is 0.383 e. The van der Waals surface area contributed by atoms with Crippen LogP contribution in [0, 0.1) is 11.6 Å². The van der Waals surface area contributed by atoms with Crippen LogP contribution in [0.1, 0.15) is 33.3 Å². The summed E-state index contributed by atoms with van der Waals surface area (Å²) in [5, 5.41) is 3.22. The minimum absolute atomic E-state index is 0.0148. The molecule has 0 spiro atoms. The van der Waals surface area contributed by atoms with Gasteiger partial charge in [0.15, 0.2) is 0 Å². The van der Waals surface area contributed by atoms with Gasteiger partial charge in [-0.15, -0.1) is 0 Å². The number of hydrogen-bond donors (Lipinski definition) is 1. The summed E-state index contributed by atoms with van der Waals surface area (Å²) in [6.45, 7) is 8.71. The first-order valence-corrected chi connectivity index (χ1v) is 7.10. The summed E-state index contributed by atoms with van der Waals surface area (Å²) in [5.74, 6) is -1.10. The van der Waals surface area contributed by atoms with Crippen molar-refractivity contribution < 1.29 is 13.5 Å². The van der Waals surface area contributed by atoms with Crippen molar-refractivity contribution in [3.05, 3.63) is 29.3 Å². The zero-order valence-corrected chi connectivity index (χ0v) is 13.8. The molecule has 0 fully saturated rings. The zero-order chi connectivity index (χ0) is 16.2. The van der Waals surface area contributed by atoms with Gasteiger partial charge in [0.25, 0.3) is 0 Å². The molecule has 120 valence electrons. The molecule has 0 aliphatic carbocycles. The second kappa shape index (κ2) is 7.18. The van der Waals surface area contributed by atoms with Gasteiger partial charge in [-0.25, -0.2) is 8.78 Å². The third-order valence-corrected chi connectivity index (χ3v) is 3.32. The van der Waals surface area contributed by atoms with Gasteiger partial charge >= 0.3 is 0 Å². The molecule has 0 saturated carbocycles. The van der Waals surface area contributed by atoms with E-state index in [9.17, 15) is 8.78 Å². The molecule has 0 bridgehead atoms. The third kappa shape index (κ3) is 5.25. The second-order valence-corrected chi connectivity index (χ2v) is 6.43. The standard InChI is InChI=1S/C16H26F2N2O/c1-11(10-21-6)20(5)15-13(17)7-12(8-14(15)18)9-19-16(2,3)4/h7-8,11,19H,9-10H2,1-6H3. The van der Waals surface area contributed by atoms with Gasteiger partial charge in [-0.1, -0.05) is 0 Å². The molecule has 1 unspecified atom stereocenters. The molecule has 0 aromatic heterocycles. The van der Waals surface area contributed by atoms with E-state index in [4.69, 9.17) is 4.74 Å². The Kier molecular flexibility index (Phi) is 6.10. The van der Waals surface area contributed by atoms with Crippen molar-refractivity contribution in [2.24, 2.45) is 0 Å². The topological polar surface area (TPSA) is 24.5 Å². The van der Waals surface area contributed by atoms with Crippen molar-refractivity contribution in [2.75, 3.05) is 25.7 Å². The molecule has 0 saturated heterocycles. The van der Waals surface area contributed by atoms with Gasteiger partial charge in [0.2, 0.25) is 0 Å². The van der Waals surface area contributed by atoms with Crippen LogP contribution >= 0.6 is 0 Å². The molecule has 21 heavy (non-hydrogen) atoms. The van der Waals surface area contributed by atoms with Crippen molar-refractivity contribution in [3.63, 3.8) is 0 Å². The van der Waals surface area contributed by atoms with Crippen molar-refractivity contribution in [2.45, 2.75) is 45.8 Å². The molecule has 1 aromatic carbocycles. The number of hydrogen-bond acceptors (Lipinski definition) is 3. The van der Waals surface area contributed by atoms with Crippen LogP contribution in [-0.2, 0) is 11.3 Å². The highest BCUT2D eigenvalue weighted by molar-refractivity contribution is 5.51. The van der Waals surface area contributed by atoms with Gasteiger partial charge < -0.3 is 15.0 Å². The van der Waals surface area contributed by atoms with Crippen LogP contribution in [0.5, 0.6) is 0 Å². The molecular weight excluding hydrogens is 274 g/mol. The maximum absolute atomic E-state index is 14.2. The predicted octanol–water partition coefficient (Wildman–Crippen LogP) is 3.32. The minimum atomic E-state index is -0.550. The first kappa shape index (κ1) is 17.9. The van der Waals surface area contributed by atoms with E-state index in [1.54, 1.807) is 19.1 Å². The molecule has 3 nitrogen and oxygen atoms in total. The van der Waals surface area contributed by atoms with Crippen molar-refractivity contribution in [1.82, 2.24) is 5.32 Å². The summed E-state index contributed by atoms with van der Waals surface area (Å²) >= 11 is 0. The van der Waals surface area contributed by atoms with Gasteiger partial charge in [0, 0.05) is 32.3 Å². The maximum Gasteiger partial charge on any atom is 0.149 e. The summed E-state index contributed by atoms with van der Waals surface area (Å²) in [4.78, 5) is 1.56. The number of likely N-dealkylation sites (N-methyl/N-ethyl adjacent to an activating group) is 1. The van der Waals surface area contributed by atoms with E-state index in [-0.39, 0.29) is 17.3 Å². The Morgan fingerprint density at radius 3 is 2.19 bits per heavy atom. The number of methoxy groups -OCH3 is 1. The van der Waals surface area contributed by atoms with Gasteiger partial charge in [0.05, 0.1) is 6.61 Å². The van der Waals surface area contributed by atoms with Gasteiger partial charge in [0.1, 0.15) is 17.3 Å². The first-order chi connectivity index (χ1) is 9.65. The minimum Gasteiger partial charge on any atom is -0.383 e. The number of benzene rings is 1. The molecule has 0 heterocycles. The lowest BCUT2D eigenvalue weighted by atomic mass is 10.1. The maximum atomic E-state index is 14.2. The molecule has 1 rings (SSSR count). The highest BCUT2D eigenvalue weighted by atomic mass is 19.1. The van der Waals surface area contributed by atoms with Crippen molar-refractivity contribution >= 4 is 5.69 Å². The highest BCUT2D eigenvalue weighted by Crippen LogP contribution is 2.26.